The molecule has 2 aromatic rings. The monoisotopic (exact) mass is 229 g/mol. The number of fused-ring (bicyclic) bond motifs is 1. The quantitative estimate of drug-likeness (QED) is 0.647. The van der Waals surface area contributed by atoms with Gasteiger partial charge >= 0.3 is 0 Å². The Labute approximate surface area is 99.9 Å². The Morgan fingerprint density at radius 1 is 1.53 bits per heavy atom. The lowest BCUT2D eigenvalue weighted by molar-refractivity contribution is 0.0937. The zero-order valence-electron chi connectivity index (χ0n) is 9.77. The molecule has 0 aliphatic carbocycles. The molecule has 3 nitrogen and oxygen atoms in total. The summed E-state index contributed by atoms with van der Waals surface area (Å²) < 4.78 is 5.49. The van der Waals surface area contributed by atoms with Crippen LogP contribution in [0.2, 0.25) is 0 Å². The third kappa shape index (κ3) is 2.29. The molecule has 2 rings (SSSR count). The molecule has 17 heavy (non-hydrogen) atoms. The van der Waals surface area contributed by atoms with Crippen molar-refractivity contribution in [3.8, 4) is 0 Å². The van der Waals surface area contributed by atoms with Crippen molar-refractivity contribution >= 4 is 16.8 Å². The maximum atomic E-state index is 11.9. The Balaban J connectivity index is 2.36. The van der Waals surface area contributed by atoms with E-state index in [1.165, 1.54) is 0 Å². The van der Waals surface area contributed by atoms with Gasteiger partial charge in [0.1, 0.15) is 5.58 Å². The van der Waals surface area contributed by atoms with Gasteiger partial charge < -0.3 is 10.2 Å². The molecule has 0 spiro atoms. The summed E-state index contributed by atoms with van der Waals surface area (Å²) in [6.45, 7) is 5.57. The molecule has 0 aliphatic rings. The van der Waals surface area contributed by atoms with Crippen molar-refractivity contribution in [2.45, 2.75) is 19.4 Å². The fourth-order valence-electron chi connectivity index (χ4n) is 1.75. The number of rotatable bonds is 4. The summed E-state index contributed by atoms with van der Waals surface area (Å²) in [6, 6.07) is 6.96. The first-order valence-corrected chi connectivity index (χ1v) is 5.52. The first-order chi connectivity index (χ1) is 8.11. The molecule has 1 unspecified atom stereocenters. The molecule has 0 saturated heterocycles. The van der Waals surface area contributed by atoms with Gasteiger partial charge in [-0.05, 0) is 31.5 Å². The van der Waals surface area contributed by atoms with Gasteiger partial charge in [0.05, 0.1) is 6.04 Å². The molecule has 0 bridgehead atoms. The summed E-state index contributed by atoms with van der Waals surface area (Å²) in [5, 5.41) is 0.930. The first kappa shape index (κ1) is 11.6. The van der Waals surface area contributed by atoms with Crippen molar-refractivity contribution in [1.82, 2.24) is 0 Å². The highest BCUT2D eigenvalue weighted by atomic mass is 16.3. The highest BCUT2D eigenvalue weighted by molar-refractivity contribution is 6.00. The smallest absolute Gasteiger partial charge is 0.214 e. The number of aryl methyl sites for hydroxylation is 1. The SMILES string of the molecule is C=CCC(N)C(=O)c1cc2cc(C)ccc2o1. The molecule has 0 amide bonds. The van der Waals surface area contributed by atoms with Crippen LogP contribution in [0, 0.1) is 6.92 Å². The van der Waals surface area contributed by atoms with Crippen molar-refractivity contribution in [3.63, 3.8) is 0 Å². The van der Waals surface area contributed by atoms with E-state index in [0.717, 1.165) is 10.9 Å². The van der Waals surface area contributed by atoms with Gasteiger partial charge in [-0.2, -0.15) is 0 Å². The lowest BCUT2D eigenvalue weighted by Crippen LogP contribution is -2.29. The minimum atomic E-state index is -0.575. The van der Waals surface area contributed by atoms with Crippen LogP contribution in [0.4, 0.5) is 0 Å². The lowest BCUT2D eigenvalue weighted by Gasteiger charge is -2.03. The summed E-state index contributed by atoms with van der Waals surface area (Å²) in [5.74, 6) is 0.138. The number of nitrogens with two attached hydrogens (primary N) is 1. The van der Waals surface area contributed by atoms with Gasteiger partial charge in [-0.1, -0.05) is 17.7 Å². The molecule has 0 fully saturated rings. The van der Waals surface area contributed by atoms with E-state index < -0.39 is 6.04 Å². The third-order valence-corrected chi connectivity index (χ3v) is 2.67. The summed E-state index contributed by atoms with van der Waals surface area (Å²) in [5.41, 5.74) is 7.58. The van der Waals surface area contributed by atoms with Gasteiger partial charge in [0.25, 0.3) is 0 Å². The zero-order chi connectivity index (χ0) is 12.4. The van der Waals surface area contributed by atoms with E-state index in [-0.39, 0.29) is 5.78 Å². The molecule has 1 heterocycles. The van der Waals surface area contributed by atoms with Crippen molar-refractivity contribution in [2.24, 2.45) is 5.73 Å². The van der Waals surface area contributed by atoms with Crippen LogP contribution in [0.3, 0.4) is 0 Å². The zero-order valence-corrected chi connectivity index (χ0v) is 9.77. The lowest BCUT2D eigenvalue weighted by atomic mass is 10.1. The second-order valence-electron chi connectivity index (χ2n) is 4.15. The molecule has 0 saturated carbocycles. The molecule has 2 N–H and O–H groups in total. The summed E-state index contributed by atoms with van der Waals surface area (Å²) >= 11 is 0. The van der Waals surface area contributed by atoms with E-state index in [1.807, 2.05) is 25.1 Å². The van der Waals surface area contributed by atoms with E-state index >= 15 is 0 Å². The Kier molecular flexibility index (Phi) is 3.11. The maximum absolute atomic E-state index is 11.9. The van der Waals surface area contributed by atoms with Crippen LogP contribution in [-0.4, -0.2) is 11.8 Å². The Morgan fingerprint density at radius 3 is 3.00 bits per heavy atom. The molecule has 0 aliphatic heterocycles. The molecule has 1 aromatic heterocycles. The average Bonchev–Trinajstić information content (AvgIpc) is 2.71. The standard InChI is InChI=1S/C14H15NO2/c1-3-4-11(15)14(16)13-8-10-7-9(2)5-6-12(10)17-13/h3,5-8,11H,1,4,15H2,2H3. The normalized spacial score (nSPS) is 12.6. The van der Waals surface area contributed by atoms with Gasteiger partial charge in [0.15, 0.2) is 5.76 Å². The number of hydrogen-bond acceptors (Lipinski definition) is 3. The Bertz CT molecular complexity index is 569. The summed E-state index contributed by atoms with van der Waals surface area (Å²) in [6.07, 6.45) is 2.09. The minimum absolute atomic E-state index is 0.182. The molecular weight excluding hydrogens is 214 g/mol. The third-order valence-electron chi connectivity index (χ3n) is 2.67. The van der Waals surface area contributed by atoms with Crippen LogP contribution in [0.5, 0.6) is 0 Å². The molecule has 1 atom stereocenters. The number of Topliss-reactive ketones (excluding diaryl/α,β-unsaturated/α-hetero) is 1. The number of furan rings is 1. The second kappa shape index (κ2) is 4.55. The van der Waals surface area contributed by atoms with E-state index in [1.54, 1.807) is 12.1 Å². The van der Waals surface area contributed by atoms with Gasteiger partial charge in [0, 0.05) is 5.39 Å². The average molecular weight is 229 g/mol. The second-order valence-corrected chi connectivity index (χ2v) is 4.15. The first-order valence-electron chi connectivity index (χ1n) is 5.52. The Morgan fingerprint density at radius 2 is 2.29 bits per heavy atom. The highest BCUT2D eigenvalue weighted by Crippen LogP contribution is 2.21. The molecule has 3 heteroatoms. The van der Waals surface area contributed by atoms with E-state index in [9.17, 15) is 4.79 Å². The van der Waals surface area contributed by atoms with Crippen LogP contribution in [0.25, 0.3) is 11.0 Å². The van der Waals surface area contributed by atoms with Crippen LogP contribution < -0.4 is 5.73 Å². The topological polar surface area (TPSA) is 56.2 Å². The Hall–Kier alpha value is -1.87. The van der Waals surface area contributed by atoms with Crippen LogP contribution in [0.15, 0.2) is 41.3 Å². The fraction of sp³-hybridized carbons (Fsp3) is 0.214. The van der Waals surface area contributed by atoms with E-state index in [2.05, 4.69) is 6.58 Å². The van der Waals surface area contributed by atoms with Crippen molar-refractivity contribution in [1.29, 1.82) is 0 Å². The number of benzene rings is 1. The summed E-state index contributed by atoms with van der Waals surface area (Å²) in [4.78, 5) is 11.9. The number of carbonyl (C=O) groups excluding carboxylic acids is 1. The van der Waals surface area contributed by atoms with Crippen molar-refractivity contribution < 1.29 is 9.21 Å². The largest absolute Gasteiger partial charge is 0.453 e. The predicted octanol–water partition coefficient (Wildman–Crippen LogP) is 2.83. The van der Waals surface area contributed by atoms with Crippen LogP contribution in [-0.2, 0) is 0 Å². The van der Waals surface area contributed by atoms with Crippen LogP contribution >= 0.6 is 0 Å². The number of ketones is 1. The fourth-order valence-corrected chi connectivity index (χ4v) is 1.75. The molecular formula is C14H15NO2. The van der Waals surface area contributed by atoms with Crippen molar-refractivity contribution in [3.05, 3.63) is 48.2 Å². The van der Waals surface area contributed by atoms with E-state index in [0.29, 0.717) is 17.8 Å². The summed E-state index contributed by atoms with van der Waals surface area (Å²) in [7, 11) is 0. The molecule has 0 radical (unpaired) electrons. The minimum Gasteiger partial charge on any atom is -0.453 e. The van der Waals surface area contributed by atoms with Gasteiger partial charge in [-0.25, -0.2) is 0 Å². The van der Waals surface area contributed by atoms with Gasteiger partial charge in [-0.3, -0.25) is 4.79 Å². The molecule has 88 valence electrons. The highest BCUT2D eigenvalue weighted by Gasteiger charge is 2.18. The van der Waals surface area contributed by atoms with Gasteiger partial charge in [-0.15, -0.1) is 6.58 Å². The molecule has 1 aromatic carbocycles. The van der Waals surface area contributed by atoms with E-state index in [4.69, 9.17) is 10.2 Å². The maximum Gasteiger partial charge on any atom is 0.214 e. The van der Waals surface area contributed by atoms with Crippen molar-refractivity contribution in [2.75, 3.05) is 0 Å². The van der Waals surface area contributed by atoms with Crippen LogP contribution in [0.1, 0.15) is 22.5 Å². The number of carbonyl (C=O) groups is 1. The predicted molar refractivity (Wildman–Crippen MR) is 68.1 cm³/mol. The number of hydrogen-bond donors (Lipinski definition) is 1. The van der Waals surface area contributed by atoms with Gasteiger partial charge in [0.2, 0.25) is 5.78 Å².